The van der Waals surface area contributed by atoms with Crippen LogP contribution in [0.1, 0.15) is 4.88 Å². The number of thioether (sulfide) groups is 1. The van der Waals surface area contributed by atoms with E-state index in [-0.39, 0.29) is 11.3 Å². The molecule has 2 aromatic heterocycles. The summed E-state index contributed by atoms with van der Waals surface area (Å²) in [6.45, 7) is 0. The Kier molecular flexibility index (Phi) is 3.45. The number of thiophene rings is 1. The highest BCUT2D eigenvalue weighted by Crippen LogP contribution is 2.44. The van der Waals surface area contributed by atoms with E-state index in [9.17, 15) is 9.59 Å². The van der Waals surface area contributed by atoms with Crippen LogP contribution in [0.4, 0.5) is 0 Å². The number of rotatable bonds is 2. The Morgan fingerprint density at radius 1 is 1.52 bits per heavy atom. The summed E-state index contributed by atoms with van der Waals surface area (Å²) >= 11 is 8.09. The normalized spacial score (nSPS) is 23.9. The highest BCUT2D eigenvalue weighted by Gasteiger charge is 2.50. The molecule has 23 heavy (non-hydrogen) atoms. The molecular weight excluding hydrogens is 350 g/mol. The largest absolute Gasteiger partial charge is 0.735 e. The van der Waals surface area contributed by atoms with Crippen molar-refractivity contribution in [2.24, 2.45) is 12.8 Å². The van der Waals surface area contributed by atoms with Crippen molar-refractivity contribution in [3.63, 3.8) is 0 Å². The number of nitrogens with two attached hydrogens (primary N) is 1. The van der Waals surface area contributed by atoms with Crippen LogP contribution in [-0.4, -0.2) is 33.1 Å². The van der Waals surface area contributed by atoms with Gasteiger partial charge in [0.1, 0.15) is 18.5 Å². The Morgan fingerprint density at radius 2 is 2.30 bits per heavy atom. The topological polar surface area (TPSA) is 67.3 Å². The third kappa shape index (κ3) is 2.20. The van der Waals surface area contributed by atoms with Crippen LogP contribution >= 0.6 is 23.1 Å². The zero-order valence-electron chi connectivity index (χ0n) is 12.2. The fraction of sp³-hybridized carbons (Fsp3) is 0.267. The SMILES string of the molecule is C[n+]1ccc2sc(C3=C(C(=O)[S-])N4C(=O)[C@@H](N)[C@H]4SC3)cc2c1. The van der Waals surface area contributed by atoms with Crippen molar-refractivity contribution in [1.29, 1.82) is 0 Å². The first-order chi connectivity index (χ1) is 11.0. The highest BCUT2D eigenvalue weighted by atomic mass is 32.2. The van der Waals surface area contributed by atoms with Gasteiger partial charge in [0.15, 0.2) is 12.4 Å². The summed E-state index contributed by atoms with van der Waals surface area (Å²) in [7, 11) is 1.97. The fourth-order valence-electron chi connectivity index (χ4n) is 2.94. The molecule has 2 atom stereocenters. The number of amides is 1. The van der Waals surface area contributed by atoms with Gasteiger partial charge in [0.2, 0.25) is 5.91 Å². The molecule has 0 bridgehead atoms. The maximum atomic E-state index is 12.1. The minimum Gasteiger partial charge on any atom is -0.735 e. The summed E-state index contributed by atoms with van der Waals surface area (Å²) in [6.07, 6.45) is 4.02. The van der Waals surface area contributed by atoms with Crippen LogP contribution in [0.3, 0.4) is 0 Å². The van der Waals surface area contributed by atoms with Gasteiger partial charge in [-0.1, -0.05) is 0 Å². The molecule has 5 nitrogen and oxygen atoms in total. The maximum Gasteiger partial charge on any atom is 0.248 e. The fourth-order valence-corrected chi connectivity index (χ4v) is 5.64. The molecule has 1 fully saturated rings. The van der Waals surface area contributed by atoms with Crippen LogP contribution in [0.5, 0.6) is 0 Å². The molecule has 8 heteroatoms. The van der Waals surface area contributed by atoms with Gasteiger partial charge in [0.25, 0.3) is 0 Å². The van der Waals surface area contributed by atoms with E-state index in [0.29, 0.717) is 11.4 Å². The van der Waals surface area contributed by atoms with Gasteiger partial charge in [0.05, 0.1) is 16.2 Å². The summed E-state index contributed by atoms with van der Waals surface area (Å²) in [5, 5.41) is 0.450. The predicted molar refractivity (Wildman–Crippen MR) is 93.4 cm³/mol. The van der Waals surface area contributed by atoms with Crippen LogP contribution in [0.2, 0.25) is 0 Å². The molecule has 2 N–H and O–H groups in total. The number of hydrogen-bond donors (Lipinski definition) is 1. The smallest absolute Gasteiger partial charge is 0.248 e. The van der Waals surface area contributed by atoms with Crippen LogP contribution in [0.25, 0.3) is 15.7 Å². The Balaban J connectivity index is 1.86. The zero-order valence-corrected chi connectivity index (χ0v) is 14.6. The lowest BCUT2D eigenvalue weighted by Gasteiger charge is -2.49. The molecule has 0 spiro atoms. The second kappa shape index (κ2) is 5.27. The number of aromatic nitrogens is 1. The molecule has 2 aliphatic rings. The average Bonchev–Trinajstić information content (AvgIpc) is 2.95. The number of carbonyl (C=O) groups is 2. The van der Waals surface area contributed by atoms with Crippen molar-refractivity contribution < 1.29 is 14.2 Å². The van der Waals surface area contributed by atoms with Crippen LogP contribution in [0.15, 0.2) is 30.2 Å². The minimum atomic E-state index is -0.535. The van der Waals surface area contributed by atoms with Gasteiger partial charge in [-0.2, -0.15) is 0 Å². The lowest BCUT2D eigenvalue weighted by atomic mass is 10.0. The number of nitrogens with zero attached hydrogens (tertiary/aromatic N) is 2. The van der Waals surface area contributed by atoms with Gasteiger partial charge >= 0.3 is 0 Å². The van der Waals surface area contributed by atoms with Gasteiger partial charge in [-0.3, -0.25) is 9.69 Å². The number of carbonyl (C=O) groups excluding carboxylic acids is 2. The molecule has 0 aliphatic carbocycles. The Labute approximate surface area is 146 Å². The van der Waals surface area contributed by atoms with Crippen molar-refractivity contribution in [3.8, 4) is 0 Å². The summed E-state index contributed by atoms with van der Waals surface area (Å²) < 4.78 is 3.12. The first-order valence-corrected chi connectivity index (χ1v) is 9.28. The first-order valence-electron chi connectivity index (χ1n) is 7.01. The third-order valence-corrected chi connectivity index (χ3v) is 6.77. The third-order valence-electron chi connectivity index (χ3n) is 4.10. The molecule has 0 saturated carbocycles. The monoisotopic (exact) mass is 363 g/mol. The van der Waals surface area contributed by atoms with E-state index in [1.54, 1.807) is 23.1 Å². The van der Waals surface area contributed by atoms with Crippen molar-refractivity contribution in [2.75, 3.05) is 5.75 Å². The van der Waals surface area contributed by atoms with Gasteiger partial charge in [-0.25, -0.2) is 4.57 Å². The molecule has 0 radical (unpaired) electrons. The molecule has 2 aromatic rings. The number of hydrogen-bond acceptors (Lipinski definition) is 6. The van der Waals surface area contributed by atoms with E-state index in [1.807, 2.05) is 30.1 Å². The first kappa shape index (κ1) is 15.1. The van der Waals surface area contributed by atoms with E-state index >= 15 is 0 Å². The standard InChI is InChI=1S/C15H13N3O2S3/c1-17-3-2-9-7(5-17)4-10(23-9)8-6-22-14-11(16)13(19)18(14)12(8)15(20)21/h2-5,11,14H,6,16H2,1H3/t11-,14-/m1/s1. The molecule has 2 aliphatic heterocycles. The Bertz CT molecular complexity index is 889. The van der Waals surface area contributed by atoms with Crippen LogP contribution < -0.4 is 10.3 Å². The zero-order chi connectivity index (χ0) is 16.3. The molecule has 1 amide bonds. The number of fused-ring (bicyclic) bond motifs is 2. The van der Waals surface area contributed by atoms with Gasteiger partial charge in [0, 0.05) is 27.0 Å². The summed E-state index contributed by atoms with van der Waals surface area (Å²) in [5.74, 6) is 0.416. The van der Waals surface area contributed by atoms with E-state index in [0.717, 1.165) is 20.5 Å². The Hall–Kier alpha value is -1.48. The lowest BCUT2D eigenvalue weighted by molar-refractivity contribution is -0.670. The van der Waals surface area contributed by atoms with Crippen LogP contribution in [0, 0.1) is 0 Å². The molecule has 1 saturated heterocycles. The summed E-state index contributed by atoms with van der Waals surface area (Å²) in [4.78, 5) is 26.5. The van der Waals surface area contributed by atoms with Crippen molar-refractivity contribution in [2.45, 2.75) is 11.4 Å². The predicted octanol–water partition coefficient (Wildman–Crippen LogP) is 0.753. The molecule has 4 heterocycles. The number of β-lactam (4-membered cyclic amide) rings is 1. The van der Waals surface area contributed by atoms with Crippen molar-refractivity contribution in [1.82, 2.24) is 4.90 Å². The number of aryl methyl sites for hydroxylation is 1. The van der Waals surface area contributed by atoms with Crippen molar-refractivity contribution in [3.05, 3.63) is 35.1 Å². The minimum absolute atomic E-state index is 0.166. The van der Waals surface area contributed by atoms with Crippen LogP contribution in [-0.2, 0) is 29.3 Å². The molecule has 118 valence electrons. The average molecular weight is 363 g/mol. The second-order valence-corrected chi connectivity index (χ2v) is 8.15. The summed E-state index contributed by atoms with van der Waals surface area (Å²) in [6, 6.07) is 3.56. The van der Waals surface area contributed by atoms with E-state index in [1.165, 1.54) is 4.90 Å². The lowest BCUT2D eigenvalue weighted by Crippen LogP contribution is -2.68. The van der Waals surface area contributed by atoms with E-state index in [2.05, 4.69) is 6.07 Å². The van der Waals surface area contributed by atoms with Gasteiger partial charge in [-0.05, 0) is 6.07 Å². The molecular formula is C15H13N3O2S3. The molecule has 4 rings (SSSR count). The van der Waals surface area contributed by atoms with Gasteiger partial charge in [-0.15, -0.1) is 23.1 Å². The molecule has 0 aromatic carbocycles. The second-order valence-electron chi connectivity index (χ2n) is 5.59. The van der Waals surface area contributed by atoms with Gasteiger partial charge < -0.3 is 23.2 Å². The summed E-state index contributed by atoms with van der Waals surface area (Å²) in [5.41, 5.74) is 7.00. The van der Waals surface area contributed by atoms with E-state index in [4.69, 9.17) is 18.4 Å². The number of pyridine rings is 1. The maximum absolute atomic E-state index is 12.1. The Morgan fingerprint density at radius 3 is 3.04 bits per heavy atom. The van der Waals surface area contributed by atoms with E-state index < -0.39 is 11.2 Å². The van der Waals surface area contributed by atoms with Crippen molar-refractivity contribution >= 4 is 62.4 Å². The molecule has 0 unspecified atom stereocenters. The quantitative estimate of drug-likeness (QED) is 0.485. The highest BCUT2D eigenvalue weighted by molar-refractivity contribution is 8.00.